The van der Waals surface area contributed by atoms with Crippen LogP contribution in [0.25, 0.3) is 0 Å². The van der Waals surface area contributed by atoms with E-state index in [1.165, 1.54) is 5.57 Å². The summed E-state index contributed by atoms with van der Waals surface area (Å²) in [6.07, 6.45) is 10.4. The Kier molecular flexibility index (Phi) is 5.85. The van der Waals surface area contributed by atoms with Crippen molar-refractivity contribution in [2.75, 3.05) is 0 Å². The van der Waals surface area contributed by atoms with Gasteiger partial charge in [-0.25, -0.2) is 0 Å². The van der Waals surface area contributed by atoms with Crippen LogP contribution in [0.2, 0.25) is 0 Å². The van der Waals surface area contributed by atoms with Crippen LogP contribution in [0.1, 0.15) is 26.7 Å². The Bertz CT molecular complexity index is 138. The molecule has 0 saturated heterocycles. The highest BCUT2D eigenvalue weighted by atomic mass is 13.9. The molecule has 0 atom stereocenters. The molecule has 0 aliphatic heterocycles. The SMILES string of the molecule is C=C/C=C(/C)C/C=C\CC. The van der Waals surface area contributed by atoms with E-state index in [1.54, 1.807) is 0 Å². The van der Waals surface area contributed by atoms with Crippen LogP contribution in [-0.2, 0) is 0 Å². The van der Waals surface area contributed by atoms with Crippen LogP contribution in [0.4, 0.5) is 0 Å². The van der Waals surface area contributed by atoms with Crippen LogP contribution in [0.15, 0.2) is 36.5 Å². The first-order chi connectivity index (χ1) is 4.81. The third-order valence-corrected chi connectivity index (χ3v) is 1.24. The van der Waals surface area contributed by atoms with Gasteiger partial charge in [0.15, 0.2) is 0 Å². The van der Waals surface area contributed by atoms with Crippen LogP contribution in [0.5, 0.6) is 0 Å². The van der Waals surface area contributed by atoms with E-state index in [1.807, 2.05) is 12.2 Å². The second-order valence-corrected chi connectivity index (χ2v) is 2.33. The van der Waals surface area contributed by atoms with Crippen molar-refractivity contribution in [2.45, 2.75) is 26.7 Å². The highest BCUT2D eigenvalue weighted by molar-refractivity contribution is 5.11. The van der Waals surface area contributed by atoms with Gasteiger partial charge in [0, 0.05) is 0 Å². The van der Waals surface area contributed by atoms with Crippen LogP contribution in [-0.4, -0.2) is 0 Å². The van der Waals surface area contributed by atoms with Gasteiger partial charge in [0.1, 0.15) is 0 Å². The first-order valence-electron chi connectivity index (χ1n) is 3.74. The Morgan fingerprint density at radius 3 is 2.60 bits per heavy atom. The molecule has 0 fully saturated rings. The highest BCUT2D eigenvalue weighted by Gasteiger charge is 1.80. The molecule has 0 radical (unpaired) electrons. The maximum atomic E-state index is 3.63. The fourth-order valence-corrected chi connectivity index (χ4v) is 0.705. The molecule has 0 unspecified atom stereocenters. The van der Waals surface area contributed by atoms with Crippen molar-refractivity contribution < 1.29 is 0 Å². The zero-order chi connectivity index (χ0) is 7.82. The van der Waals surface area contributed by atoms with Gasteiger partial charge >= 0.3 is 0 Å². The van der Waals surface area contributed by atoms with Crippen molar-refractivity contribution >= 4 is 0 Å². The lowest BCUT2D eigenvalue weighted by Crippen LogP contribution is -1.69. The van der Waals surface area contributed by atoms with Crippen LogP contribution in [0.3, 0.4) is 0 Å². The zero-order valence-corrected chi connectivity index (χ0v) is 6.93. The molecule has 0 aromatic carbocycles. The Balaban J connectivity index is 3.57. The summed E-state index contributed by atoms with van der Waals surface area (Å²) < 4.78 is 0. The molecule has 0 aromatic rings. The van der Waals surface area contributed by atoms with Gasteiger partial charge in [0.2, 0.25) is 0 Å². The van der Waals surface area contributed by atoms with Gasteiger partial charge in [-0.2, -0.15) is 0 Å². The van der Waals surface area contributed by atoms with Gasteiger partial charge in [-0.1, -0.05) is 43.4 Å². The summed E-state index contributed by atoms with van der Waals surface area (Å²) in [5.74, 6) is 0. The molecule has 0 aliphatic carbocycles. The van der Waals surface area contributed by atoms with Crippen molar-refractivity contribution in [1.82, 2.24) is 0 Å². The third kappa shape index (κ3) is 5.36. The predicted molar refractivity (Wildman–Crippen MR) is 48.0 cm³/mol. The van der Waals surface area contributed by atoms with E-state index in [0.717, 1.165) is 12.8 Å². The molecule has 0 aliphatic rings. The van der Waals surface area contributed by atoms with Gasteiger partial charge < -0.3 is 0 Å². The molecule has 0 amide bonds. The summed E-state index contributed by atoms with van der Waals surface area (Å²) in [4.78, 5) is 0. The Hall–Kier alpha value is -0.780. The van der Waals surface area contributed by atoms with E-state index in [9.17, 15) is 0 Å². The van der Waals surface area contributed by atoms with Crippen molar-refractivity contribution in [3.63, 3.8) is 0 Å². The summed E-state index contributed by atoms with van der Waals surface area (Å²) >= 11 is 0. The molecular weight excluding hydrogens is 120 g/mol. The average molecular weight is 136 g/mol. The lowest BCUT2D eigenvalue weighted by Gasteiger charge is -1.90. The second-order valence-electron chi connectivity index (χ2n) is 2.33. The Labute approximate surface area is 64.0 Å². The summed E-state index contributed by atoms with van der Waals surface area (Å²) in [6, 6.07) is 0. The molecule has 0 bridgehead atoms. The summed E-state index contributed by atoms with van der Waals surface area (Å²) in [5, 5.41) is 0. The monoisotopic (exact) mass is 136 g/mol. The third-order valence-electron chi connectivity index (χ3n) is 1.24. The Morgan fingerprint density at radius 1 is 1.40 bits per heavy atom. The first kappa shape index (κ1) is 9.22. The topological polar surface area (TPSA) is 0 Å². The van der Waals surface area contributed by atoms with Gasteiger partial charge in [0.25, 0.3) is 0 Å². The molecule has 10 heavy (non-hydrogen) atoms. The predicted octanol–water partition coefficient (Wildman–Crippen LogP) is 3.48. The van der Waals surface area contributed by atoms with E-state index < -0.39 is 0 Å². The van der Waals surface area contributed by atoms with Crippen molar-refractivity contribution in [2.24, 2.45) is 0 Å². The summed E-state index contributed by atoms with van der Waals surface area (Å²) in [5.41, 5.74) is 1.36. The van der Waals surface area contributed by atoms with Gasteiger partial charge in [-0.3, -0.25) is 0 Å². The van der Waals surface area contributed by atoms with Crippen LogP contribution in [0, 0.1) is 0 Å². The summed E-state index contributed by atoms with van der Waals surface area (Å²) in [6.45, 7) is 7.88. The molecule has 0 saturated carbocycles. The van der Waals surface area contributed by atoms with Crippen molar-refractivity contribution in [1.29, 1.82) is 0 Å². The Morgan fingerprint density at radius 2 is 2.10 bits per heavy atom. The van der Waals surface area contributed by atoms with Crippen molar-refractivity contribution in [3.05, 3.63) is 36.5 Å². The molecule has 0 N–H and O–H groups in total. The molecule has 0 spiro atoms. The number of allylic oxidation sites excluding steroid dienone is 5. The van der Waals surface area contributed by atoms with E-state index >= 15 is 0 Å². The molecule has 0 heterocycles. The standard InChI is InChI=1S/C10H16/c1-4-6-7-9-10(3)8-5-2/h5-8H,2,4,9H2,1,3H3/b7-6-,10-8-. The lowest BCUT2D eigenvalue weighted by atomic mass is 10.2. The molecule has 56 valence electrons. The summed E-state index contributed by atoms with van der Waals surface area (Å²) in [7, 11) is 0. The molecular formula is C10H16. The second kappa shape index (κ2) is 6.34. The van der Waals surface area contributed by atoms with Crippen LogP contribution >= 0.6 is 0 Å². The van der Waals surface area contributed by atoms with E-state index in [-0.39, 0.29) is 0 Å². The molecule has 0 heteroatoms. The van der Waals surface area contributed by atoms with Gasteiger partial charge in [0.05, 0.1) is 0 Å². The first-order valence-corrected chi connectivity index (χ1v) is 3.74. The minimum absolute atomic E-state index is 1.06. The minimum atomic E-state index is 1.06. The number of hydrogen-bond donors (Lipinski definition) is 0. The minimum Gasteiger partial charge on any atom is -0.0991 e. The largest absolute Gasteiger partial charge is 0.0991 e. The fraction of sp³-hybridized carbons (Fsp3) is 0.400. The maximum Gasteiger partial charge on any atom is -0.0138 e. The maximum absolute atomic E-state index is 3.63. The zero-order valence-electron chi connectivity index (χ0n) is 6.93. The smallest absolute Gasteiger partial charge is 0.0138 e. The highest BCUT2D eigenvalue weighted by Crippen LogP contribution is 2.00. The number of rotatable bonds is 4. The quantitative estimate of drug-likeness (QED) is 0.410. The lowest BCUT2D eigenvalue weighted by molar-refractivity contribution is 1.16. The normalized spacial score (nSPS) is 12.4. The van der Waals surface area contributed by atoms with Gasteiger partial charge in [-0.15, -0.1) is 0 Å². The number of hydrogen-bond acceptors (Lipinski definition) is 0. The molecule has 0 rings (SSSR count). The molecule has 0 nitrogen and oxygen atoms in total. The molecule has 0 aromatic heterocycles. The van der Waals surface area contributed by atoms with Gasteiger partial charge in [-0.05, 0) is 19.8 Å². The van der Waals surface area contributed by atoms with Crippen LogP contribution < -0.4 is 0 Å². The van der Waals surface area contributed by atoms with E-state index in [4.69, 9.17) is 0 Å². The van der Waals surface area contributed by atoms with E-state index in [2.05, 4.69) is 32.6 Å². The average Bonchev–Trinajstić information content (AvgIpc) is 1.89. The fourth-order valence-electron chi connectivity index (χ4n) is 0.705. The van der Waals surface area contributed by atoms with E-state index in [0.29, 0.717) is 0 Å². The van der Waals surface area contributed by atoms with Crippen molar-refractivity contribution in [3.8, 4) is 0 Å².